The van der Waals surface area contributed by atoms with Crippen molar-refractivity contribution >= 4 is 0 Å². The highest BCUT2D eigenvalue weighted by Crippen LogP contribution is 2.28. The molecule has 0 unspecified atom stereocenters. The summed E-state index contributed by atoms with van der Waals surface area (Å²) in [5, 5.41) is 0. The van der Waals surface area contributed by atoms with Gasteiger partial charge in [0.25, 0.3) is 0 Å². The van der Waals surface area contributed by atoms with Gasteiger partial charge in [0.05, 0.1) is 0 Å². The highest BCUT2D eigenvalue weighted by atomic mass is 19.1. The molecule has 0 saturated carbocycles. The van der Waals surface area contributed by atoms with Crippen molar-refractivity contribution in [1.29, 1.82) is 0 Å². The molecule has 0 spiro atoms. The average molecular weight is 318 g/mol. The molecule has 0 radical (unpaired) electrons. The Morgan fingerprint density at radius 2 is 1.46 bits per heavy atom. The Labute approximate surface area is 144 Å². The van der Waals surface area contributed by atoms with Gasteiger partial charge in [0, 0.05) is 5.56 Å². The zero-order valence-corrected chi connectivity index (χ0v) is 14.3. The van der Waals surface area contributed by atoms with Gasteiger partial charge in [-0.2, -0.15) is 0 Å². The molecule has 0 bridgehead atoms. The number of hydrogen-bond donors (Lipinski definition) is 0. The van der Waals surface area contributed by atoms with Gasteiger partial charge in [-0.15, -0.1) is 0 Å². The summed E-state index contributed by atoms with van der Waals surface area (Å²) < 4.78 is 14.5. The smallest absolute Gasteiger partial charge is 0.131 e. The van der Waals surface area contributed by atoms with Crippen molar-refractivity contribution in [2.24, 2.45) is 5.92 Å². The molecule has 1 atom stereocenters. The second-order valence-electron chi connectivity index (χ2n) is 6.48. The van der Waals surface area contributed by atoms with E-state index in [1.54, 1.807) is 6.07 Å². The number of hydrogen-bond acceptors (Lipinski definition) is 0. The minimum absolute atomic E-state index is 0.178. The summed E-state index contributed by atoms with van der Waals surface area (Å²) in [6, 6.07) is 23.7. The average Bonchev–Trinajstić information content (AvgIpc) is 2.63. The molecule has 3 aromatic carbocycles. The van der Waals surface area contributed by atoms with Gasteiger partial charge >= 0.3 is 0 Å². The van der Waals surface area contributed by atoms with Crippen LogP contribution >= 0.6 is 0 Å². The van der Waals surface area contributed by atoms with Crippen molar-refractivity contribution in [1.82, 2.24) is 0 Å². The maximum Gasteiger partial charge on any atom is 0.131 e. The monoisotopic (exact) mass is 318 g/mol. The molecule has 0 amide bonds. The molecule has 0 aliphatic rings. The lowest BCUT2D eigenvalue weighted by molar-refractivity contribution is 0.560. The van der Waals surface area contributed by atoms with E-state index in [2.05, 4.69) is 38.1 Å². The van der Waals surface area contributed by atoms with E-state index in [-0.39, 0.29) is 5.82 Å². The number of halogens is 1. The van der Waals surface area contributed by atoms with Crippen LogP contribution in [0.2, 0.25) is 0 Å². The summed E-state index contributed by atoms with van der Waals surface area (Å²) in [5.74, 6) is 0.515. The minimum Gasteiger partial charge on any atom is -0.206 e. The Hall–Kier alpha value is -2.41. The van der Waals surface area contributed by atoms with Gasteiger partial charge in [-0.05, 0) is 40.7 Å². The summed E-state index contributed by atoms with van der Waals surface area (Å²) in [7, 11) is 0. The van der Waals surface area contributed by atoms with Crippen LogP contribution < -0.4 is 0 Å². The van der Waals surface area contributed by atoms with Crippen molar-refractivity contribution in [3.05, 3.63) is 84.2 Å². The van der Waals surface area contributed by atoms with Crippen molar-refractivity contribution in [2.75, 3.05) is 0 Å². The fourth-order valence-electron chi connectivity index (χ4n) is 2.93. The van der Waals surface area contributed by atoms with Crippen LogP contribution in [0.1, 0.15) is 25.8 Å². The maximum absolute atomic E-state index is 14.5. The molecule has 3 rings (SSSR count). The molecule has 0 aliphatic carbocycles. The van der Waals surface area contributed by atoms with Crippen molar-refractivity contribution in [3.8, 4) is 22.3 Å². The third-order valence-corrected chi connectivity index (χ3v) is 4.62. The number of benzene rings is 3. The van der Waals surface area contributed by atoms with Gasteiger partial charge in [0.2, 0.25) is 0 Å². The van der Waals surface area contributed by atoms with Crippen LogP contribution in [0.4, 0.5) is 4.39 Å². The molecule has 0 N–H and O–H groups in total. The Morgan fingerprint density at radius 3 is 2.08 bits per heavy atom. The molecule has 0 aliphatic heterocycles. The van der Waals surface area contributed by atoms with E-state index in [4.69, 9.17) is 0 Å². The summed E-state index contributed by atoms with van der Waals surface area (Å²) >= 11 is 0. The molecule has 0 nitrogen and oxygen atoms in total. The minimum atomic E-state index is -0.178. The highest BCUT2D eigenvalue weighted by Gasteiger charge is 2.08. The van der Waals surface area contributed by atoms with E-state index in [1.807, 2.05) is 42.5 Å². The summed E-state index contributed by atoms with van der Waals surface area (Å²) in [5.41, 5.74) is 4.87. The zero-order chi connectivity index (χ0) is 16.9. The Bertz CT molecular complexity index is 788. The Balaban J connectivity index is 1.84. The molecule has 3 aromatic rings. The largest absolute Gasteiger partial charge is 0.206 e. The van der Waals surface area contributed by atoms with Crippen molar-refractivity contribution in [2.45, 2.75) is 26.7 Å². The van der Waals surface area contributed by atoms with Gasteiger partial charge in [0.1, 0.15) is 5.82 Å². The molecule has 0 fully saturated rings. The van der Waals surface area contributed by atoms with Gasteiger partial charge in [-0.1, -0.05) is 87.0 Å². The Morgan fingerprint density at radius 1 is 0.792 bits per heavy atom. The van der Waals surface area contributed by atoms with Crippen LogP contribution in [0.3, 0.4) is 0 Å². The molecule has 122 valence electrons. The quantitative estimate of drug-likeness (QED) is 0.488. The van der Waals surface area contributed by atoms with Crippen molar-refractivity contribution in [3.63, 3.8) is 0 Å². The highest BCUT2D eigenvalue weighted by molar-refractivity contribution is 5.71. The first kappa shape index (κ1) is 16.4. The van der Waals surface area contributed by atoms with Crippen molar-refractivity contribution < 1.29 is 4.39 Å². The van der Waals surface area contributed by atoms with Gasteiger partial charge in [0.15, 0.2) is 0 Å². The van der Waals surface area contributed by atoms with Crippen LogP contribution in [0, 0.1) is 11.7 Å². The van der Waals surface area contributed by atoms with E-state index < -0.39 is 0 Å². The van der Waals surface area contributed by atoms with Crippen LogP contribution in [-0.2, 0) is 6.42 Å². The van der Waals surface area contributed by atoms with E-state index in [0.29, 0.717) is 11.5 Å². The van der Waals surface area contributed by atoms with E-state index in [9.17, 15) is 4.39 Å². The fourth-order valence-corrected chi connectivity index (χ4v) is 2.93. The van der Waals surface area contributed by atoms with E-state index in [0.717, 1.165) is 23.1 Å². The number of rotatable bonds is 5. The summed E-state index contributed by atoms with van der Waals surface area (Å²) in [6.07, 6.45) is 2.28. The first-order valence-electron chi connectivity index (χ1n) is 8.61. The van der Waals surface area contributed by atoms with E-state index in [1.165, 1.54) is 12.0 Å². The topological polar surface area (TPSA) is 0 Å². The standard InChI is InChI=1S/C23H23F/c1-3-17(2)15-18-9-11-19(12-10-18)21-13-14-22(23(24)16-21)20-7-5-4-6-8-20/h4-14,16-17H,3,15H2,1-2H3/t17-/m0/s1. The lowest BCUT2D eigenvalue weighted by atomic mass is 9.96. The Kier molecular flexibility index (Phi) is 5.10. The van der Waals surface area contributed by atoms with Gasteiger partial charge in [-0.3, -0.25) is 0 Å². The summed E-state index contributed by atoms with van der Waals surface area (Å²) in [6.45, 7) is 4.49. The van der Waals surface area contributed by atoms with Gasteiger partial charge < -0.3 is 0 Å². The fraction of sp³-hybridized carbons (Fsp3) is 0.217. The molecular weight excluding hydrogens is 295 g/mol. The summed E-state index contributed by atoms with van der Waals surface area (Å²) in [4.78, 5) is 0. The molecule has 24 heavy (non-hydrogen) atoms. The molecular formula is C23H23F. The molecule has 0 saturated heterocycles. The van der Waals surface area contributed by atoms with Gasteiger partial charge in [-0.25, -0.2) is 4.39 Å². The normalized spacial score (nSPS) is 12.1. The zero-order valence-electron chi connectivity index (χ0n) is 14.3. The second kappa shape index (κ2) is 7.44. The van der Waals surface area contributed by atoms with Crippen LogP contribution in [0.25, 0.3) is 22.3 Å². The first-order valence-corrected chi connectivity index (χ1v) is 8.61. The van der Waals surface area contributed by atoms with E-state index >= 15 is 0 Å². The SMILES string of the molecule is CC[C@H](C)Cc1ccc(-c2ccc(-c3ccccc3)c(F)c2)cc1. The third kappa shape index (κ3) is 3.73. The predicted octanol–water partition coefficient (Wildman–Crippen LogP) is 6.75. The van der Waals surface area contributed by atoms with Crippen LogP contribution in [0.15, 0.2) is 72.8 Å². The van der Waals surface area contributed by atoms with Crippen LogP contribution in [0.5, 0.6) is 0 Å². The third-order valence-electron chi connectivity index (χ3n) is 4.62. The first-order chi connectivity index (χ1) is 11.7. The maximum atomic E-state index is 14.5. The lowest BCUT2D eigenvalue weighted by Crippen LogP contribution is -1.97. The van der Waals surface area contributed by atoms with Crippen LogP contribution in [-0.4, -0.2) is 0 Å². The molecule has 1 heteroatoms. The predicted molar refractivity (Wildman–Crippen MR) is 100 cm³/mol. The lowest BCUT2D eigenvalue weighted by Gasteiger charge is -2.10. The molecule has 0 aromatic heterocycles. The molecule has 0 heterocycles. The second-order valence-corrected chi connectivity index (χ2v) is 6.48.